The zero-order chi connectivity index (χ0) is 23.0. The van der Waals surface area contributed by atoms with Crippen LogP contribution in [-0.2, 0) is 26.8 Å². The maximum absolute atomic E-state index is 12.7. The molecule has 0 heterocycles. The summed E-state index contributed by atoms with van der Waals surface area (Å²) in [4.78, 5) is 0. The summed E-state index contributed by atoms with van der Waals surface area (Å²) in [7, 11) is 0. The number of unbranched alkanes of at least 4 members (excludes halogenated alkanes) is 6. The number of halogens is 3. The van der Waals surface area contributed by atoms with E-state index in [9.17, 15) is 13.2 Å². The first-order chi connectivity index (χ1) is 14.9. The molecule has 0 aliphatic rings. The van der Waals surface area contributed by atoms with Gasteiger partial charge in [-0.2, -0.15) is 13.2 Å². The Kier molecular flexibility index (Phi) is 14.9. The normalized spacial score (nSPS) is 13.1. The molecule has 1 rings (SSSR count). The molecular weight excluding hydrogens is 405 g/mol. The summed E-state index contributed by atoms with van der Waals surface area (Å²) in [5.41, 5.74) is 0.307. The van der Waals surface area contributed by atoms with E-state index in [2.05, 4.69) is 6.92 Å². The van der Waals surface area contributed by atoms with Crippen molar-refractivity contribution in [1.29, 1.82) is 0 Å². The van der Waals surface area contributed by atoms with Crippen LogP contribution >= 0.6 is 0 Å². The van der Waals surface area contributed by atoms with Crippen LogP contribution in [0.3, 0.4) is 0 Å². The second-order valence-corrected chi connectivity index (χ2v) is 7.95. The maximum atomic E-state index is 12.7. The molecule has 1 aromatic carbocycles. The average Bonchev–Trinajstić information content (AvgIpc) is 2.73. The molecule has 0 radical (unpaired) electrons. The van der Waals surface area contributed by atoms with Gasteiger partial charge in [0.2, 0.25) is 0 Å². The van der Waals surface area contributed by atoms with Crippen molar-refractivity contribution in [1.82, 2.24) is 0 Å². The molecule has 0 bridgehead atoms. The van der Waals surface area contributed by atoms with Gasteiger partial charge in [0.05, 0.1) is 11.7 Å². The van der Waals surface area contributed by atoms with Gasteiger partial charge in [0.1, 0.15) is 0 Å². The molecule has 1 unspecified atom stereocenters. The zero-order valence-electron chi connectivity index (χ0n) is 19.5. The highest BCUT2D eigenvalue weighted by atomic mass is 19.4. The van der Waals surface area contributed by atoms with E-state index in [1.165, 1.54) is 38.5 Å². The third-order valence-corrected chi connectivity index (χ3v) is 5.31. The summed E-state index contributed by atoms with van der Waals surface area (Å²) in [6.07, 6.45) is 7.76. The van der Waals surface area contributed by atoms with E-state index in [1.54, 1.807) is 12.1 Å². The van der Waals surface area contributed by atoms with E-state index < -0.39 is 18.2 Å². The summed E-state index contributed by atoms with van der Waals surface area (Å²) in [5.74, 6) is 0. The lowest BCUT2D eigenvalue weighted by Gasteiger charge is -2.24. The Morgan fingerprint density at radius 1 is 0.742 bits per heavy atom. The van der Waals surface area contributed by atoms with Gasteiger partial charge in [-0.1, -0.05) is 64.0 Å². The fourth-order valence-electron chi connectivity index (χ4n) is 3.56. The highest BCUT2D eigenvalue weighted by Gasteiger charge is 2.29. The van der Waals surface area contributed by atoms with Crippen LogP contribution in [0.25, 0.3) is 0 Å². The lowest BCUT2D eigenvalue weighted by Crippen LogP contribution is -2.27. The minimum atomic E-state index is -4.29. The van der Waals surface area contributed by atoms with Gasteiger partial charge in [0, 0.05) is 13.2 Å². The van der Waals surface area contributed by atoms with Gasteiger partial charge in [-0.25, -0.2) is 0 Å². The molecule has 180 valence electrons. The number of hydrogen-bond donors (Lipinski definition) is 0. The fraction of sp³-hybridized carbons (Fsp3) is 0.760. The van der Waals surface area contributed by atoms with Gasteiger partial charge in [-0.05, 0) is 57.2 Å². The van der Waals surface area contributed by atoms with E-state index in [0.29, 0.717) is 13.2 Å². The topological polar surface area (TPSA) is 27.7 Å². The largest absolute Gasteiger partial charge is 0.416 e. The standard InChI is InChI=1S/C25H41F3O3/c1-4-7-8-9-10-11-12-15-23(31-24(29-5-2)30-6-3)16-13-14-21-17-19-22(20-18-21)25(26,27)28/h17-20,23-24H,4-16H2,1-3H3. The molecular formula is C25H41F3O3. The summed E-state index contributed by atoms with van der Waals surface area (Å²) >= 11 is 0. The molecule has 0 saturated carbocycles. The van der Waals surface area contributed by atoms with E-state index in [4.69, 9.17) is 14.2 Å². The average molecular weight is 447 g/mol. The van der Waals surface area contributed by atoms with Crippen LogP contribution in [0.15, 0.2) is 24.3 Å². The Labute approximate surface area is 186 Å². The molecule has 0 saturated heterocycles. The number of alkyl halides is 3. The van der Waals surface area contributed by atoms with Gasteiger partial charge in [0.15, 0.2) is 0 Å². The second kappa shape index (κ2) is 16.5. The Morgan fingerprint density at radius 2 is 1.29 bits per heavy atom. The van der Waals surface area contributed by atoms with Crippen molar-refractivity contribution in [2.24, 2.45) is 0 Å². The molecule has 31 heavy (non-hydrogen) atoms. The SMILES string of the molecule is CCCCCCCCCC(CCCc1ccc(C(F)(F)F)cc1)OC(OCC)OCC. The first kappa shape index (κ1) is 27.9. The summed E-state index contributed by atoms with van der Waals surface area (Å²) in [6.45, 7) is 6.41. The van der Waals surface area contributed by atoms with Crippen molar-refractivity contribution in [3.05, 3.63) is 35.4 Å². The van der Waals surface area contributed by atoms with Crippen molar-refractivity contribution >= 4 is 0 Å². The van der Waals surface area contributed by atoms with Crippen LogP contribution in [0.1, 0.15) is 96.1 Å². The van der Waals surface area contributed by atoms with Crippen molar-refractivity contribution < 1.29 is 27.4 Å². The molecule has 0 spiro atoms. The Hall–Kier alpha value is -1.11. The zero-order valence-corrected chi connectivity index (χ0v) is 19.5. The minimum Gasteiger partial charge on any atom is -0.330 e. The first-order valence-corrected chi connectivity index (χ1v) is 11.9. The van der Waals surface area contributed by atoms with Crippen molar-refractivity contribution in [3.8, 4) is 0 Å². The van der Waals surface area contributed by atoms with Gasteiger partial charge in [0.25, 0.3) is 6.48 Å². The molecule has 3 nitrogen and oxygen atoms in total. The fourth-order valence-corrected chi connectivity index (χ4v) is 3.56. The maximum Gasteiger partial charge on any atom is 0.416 e. The molecule has 0 amide bonds. The van der Waals surface area contributed by atoms with Crippen LogP contribution in [0, 0.1) is 0 Å². The molecule has 0 aliphatic carbocycles. The van der Waals surface area contributed by atoms with Crippen LogP contribution in [0.5, 0.6) is 0 Å². The van der Waals surface area contributed by atoms with E-state index >= 15 is 0 Å². The van der Waals surface area contributed by atoms with Crippen LogP contribution < -0.4 is 0 Å². The van der Waals surface area contributed by atoms with Crippen molar-refractivity contribution in [3.63, 3.8) is 0 Å². The van der Waals surface area contributed by atoms with Gasteiger partial charge < -0.3 is 14.2 Å². The molecule has 0 N–H and O–H groups in total. The predicted octanol–water partition coefficient (Wildman–Crippen LogP) is 7.91. The van der Waals surface area contributed by atoms with Crippen molar-refractivity contribution in [2.75, 3.05) is 13.2 Å². The quantitative estimate of drug-likeness (QED) is 0.169. The summed E-state index contributed by atoms with van der Waals surface area (Å²) < 4.78 is 55.3. The van der Waals surface area contributed by atoms with Gasteiger partial charge in [-0.3, -0.25) is 0 Å². The number of rotatable bonds is 18. The van der Waals surface area contributed by atoms with Crippen LogP contribution in [-0.4, -0.2) is 25.8 Å². The lowest BCUT2D eigenvalue weighted by molar-refractivity contribution is -0.302. The molecule has 0 aliphatic heterocycles. The molecule has 0 fully saturated rings. The lowest BCUT2D eigenvalue weighted by atomic mass is 10.0. The first-order valence-electron chi connectivity index (χ1n) is 11.9. The summed E-state index contributed by atoms with van der Waals surface area (Å²) in [5, 5.41) is 0. The number of hydrogen-bond acceptors (Lipinski definition) is 3. The number of aryl methyl sites for hydroxylation is 1. The Bertz CT molecular complexity index is 540. The molecule has 0 aromatic heterocycles. The Morgan fingerprint density at radius 3 is 1.84 bits per heavy atom. The third kappa shape index (κ3) is 13.1. The van der Waals surface area contributed by atoms with Gasteiger partial charge in [-0.15, -0.1) is 0 Å². The smallest absolute Gasteiger partial charge is 0.330 e. The summed E-state index contributed by atoms with van der Waals surface area (Å²) in [6, 6.07) is 5.44. The molecule has 6 heteroatoms. The van der Waals surface area contributed by atoms with E-state index in [-0.39, 0.29) is 6.10 Å². The number of ether oxygens (including phenoxy) is 3. The second-order valence-electron chi connectivity index (χ2n) is 7.95. The minimum absolute atomic E-state index is 0.0215. The molecule has 1 aromatic rings. The van der Waals surface area contributed by atoms with Gasteiger partial charge >= 0.3 is 6.18 Å². The van der Waals surface area contributed by atoms with Crippen molar-refractivity contribution in [2.45, 2.75) is 110 Å². The predicted molar refractivity (Wildman–Crippen MR) is 119 cm³/mol. The third-order valence-electron chi connectivity index (χ3n) is 5.31. The van der Waals surface area contributed by atoms with Crippen LogP contribution in [0.2, 0.25) is 0 Å². The van der Waals surface area contributed by atoms with E-state index in [1.807, 2.05) is 13.8 Å². The Balaban J connectivity index is 2.49. The molecule has 1 atom stereocenters. The highest BCUT2D eigenvalue weighted by Crippen LogP contribution is 2.29. The number of benzene rings is 1. The van der Waals surface area contributed by atoms with Crippen LogP contribution in [0.4, 0.5) is 13.2 Å². The van der Waals surface area contributed by atoms with E-state index in [0.717, 1.165) is 49.8 Å². The highest BCUT2D eigenvalue weighted by molar-refractivity contribution is 5.24. The monoisotopic (exact) mass is 446 g/mol.